The first-order valence-corrected chi connectivity index (χ1v) is 7.12. The quantitative estimate of drug-likeness (QED) is 0.835. The molecule has 0 saturated carbocycles. The maximum atomic E-state index is 5.98. The number of anilines is 1. The van der Waals surface area contributed by atoms with E-state index in [4.69, 9.17) is 10.5 Å². The van der Waals surface area contributed by atoms with Crippen LogP contribution in [0.2, 0.25) is 0 Å². The summed E-state index contributed by atoms with van der Waals surface area (Å²) in [7, 11) is 1.68. The van der Waals surface area contributed by atoms with E-state index in [9.17, 15) is 0 Å². The molecule has 0 aliphatic carbocycles. The minimum atomic E-state index is -0.158. The Balaban J connectivity index is 3.34. The molecule has 0 aliphatic rings. The number of nitrogens with two attached hydrogens (primary N) is 1. The molecule has 1 atom stereocenters. The van der Waals surface area contributed by atoms with E-state index in [-0.39, 0.29) is 11.5 Å². The van der Waals surface area contributed by atoms with Crippen LogP contribution in [0.1, 0.15) is 58.2 Å². The molecule has 1 unspecified atom stereocenters. The van der Waals surface area contributed by atoms with Crippen LogP contribution in [0.25, 0.3) is 0 Å². The molecule has 4 nitrogen and oxygen atoms in total. The van der Waals surface area contributed by atoms with Gasteiger partial charge in [-0.2, -0.15) is 0 Å². The predicted molar refractivity (Wildman–Crippen MR) is 82.5 cm³/mol. The third kappa shape index (κ3) is 3.32. The second-order valence-electron chi connectivity index (χ2n) is 5.80. The zero-order valence-electron chi connectivity index (χ0n) is 11.9. The van der Waals surface area contributed by atoms with Crippen molar-refractivity contribution < 1.29 is 4.74 Å². The molecular weight excluding hydrogens is 341 g/mol. The normalized spacial score (nSPS) is 14.0. The van der Waals surface area contributed by atoms with Crippen molar-refractivity contribution in [1.82, 2.24) is 9.97 Å². The second kappa shape index (κ2) is 5.69. The van der Waals surface area contributed by atoms with E-state index in [1.54, 1.807) is 7.11 Å². The maximum Gasteiger partial charge on any atom is 0.160 e. The zero-order valence-corrected chi connectivity index (χ0v) is 14.1. The van der Waals surface area contributed by atoms with Crippen LogP contribution in [0.5, 0.6) is 0 Å². The molecular formula is C13H22IN3O. The van der Waals surface area contributed by atoms with Crippen molar-refractivity contribution in [3.05, 3.63) is 15.1 Å². The van der Waals surface area contributed by atoms with Crippen LogP contribution in [0.15, 0.2) is 0 Å². The fourth-order valence-corrected chi connectivity index (χ4v) is 2.71. The van der Waals surface area contributed by atoms with E-state index in [0.717, 1.165) is 9.26 Å². The summed E-state index contributed by atoms with van der Waals surface area (Å²) in [5.74, 6) is 1.53. The Morgan fingerprint density at radius 1 is 1.22 bits per heavy atom. The van der Waals surface area contributed by atoms with Crippen LogP contribution in [-0.2, 0) is 4.74 Å². The van der Waals surface area contributed by atoms with Crippen molar-refractivity contribution in [2.45, 2.75) is 46.6 Å². The molecule has 1 aromatic heterocycles. The first kappa shape index (κ1) is 15.6. The maximum absolute atomic E-state index is 5.98. The minimum absolute atomic E-state index is 0.0672. The van der Waals surface area contributed by atoms with Gasteiger partial charge in [0, 0.05) is 7.11 Å². The Bertz CT molecular complexity index is 427. The van der Waals surface area contributed by atoms with Gasteiger partial charge in [-0.1, -0.05) is 34.6 Å². The lowest BCUT2D eigenvalue weighted by molar-refractivity contribution is 0.00855. The Hall–Kier alpha value is -0.430. The van der Waals surface area contributed by atoms with Crippen molar-refractivity contribution in [2.75, 3.05) is 12.8 Å². The van der Waals surface area contributed by atoms with Gasteiger partial charge in [0.2, 0.25) is 0 Å². The molecule has 1 aromatic rings. The summed E-state index contributed by atoms with van der Waals surface area (Å²) in [6.07, 6.45) is -0.158. The number of aromatic nitrogens is 2. The average molecular weight is 363 g/mol. The van der Waals surface area contributed by atoms with E-state index in [2.05, 4.69) is 67.2 Å². The van der Waals surface area contributed by atoms with Gasteiger partial charge >= 0.3 is 0 Å². The van der Waals surface area contributed by atoms with Gasteiger partial charge in [0.15, 0.2) is 5.82 Å². The first-order chi connectivity index (χ1) is 8.18. The molecule has 0 spiro atoms. The van der Waals surface area contributed by atoms with Gasteiger partial charge in [0.05, 0.1) is 9.26 Å². The largest absolute Gasteiger partial charge is 0.383 e. The third-order valence-electron chi connectivity index (χ3n) is 2.72. The van der Waals surface area contributed by atoms with Crippen molar-refractivity contribution in [3.8, 4) is 0 Å². The summed E-state index contributed by atoms with van der Waals surface area (Å²) in [5, 5.41) is 0. The number of halogens is 1. The summed E-state index contributed by atoms with van der Waals surface area (Å²) in [6, 6.07) is 0. The Kier molecular flexibility index (Phi) is 4.94. The first-order valence-electron chi connectivity index (χ1n) is 6.04. The molecule has 0 fully saturated rings. The van der Waals surface area contributed by atoms with E-state index in [0.29, 0.717) is 17.6 Å². The highest BCUT2D eigenvalue weighted by Gasteiger charge is 2.30. The van der Waals surface area contributed by atoms with Crippen molar-refractivity contribution >= 4 is 28.4 Å². The standard InChI is InChI=1S/C13H22IN3O/c1-7(2)9-8(14)11(15)17-12(16-9)10(18-6)13(3,4)5/h7,10H,1-6H3,(H2,15,16,17). The van der Waals surface area contributed by atoms with Crippen molar-refractivity contribution in [2.24, 2.45) is 5.41 Å². The van der Waals surface area contributed by atoms with Gasteiger partial charge in [0.1, 0.15) is 11.9 Å². The third-order valence-corrected chi connectivity index (χ3v) is 3.83. The van der Waals surface area contributed by atoms with Gasteiger partial charge in [0.25, 0.3) is 0 Å². The monoisotopic (exact) mass is 363 g/mol. The van der Waals surface area contributed by atoms with Crippen LogP contribution >= 0.6 is 22.6 Å². The van der Waals surface area contributed by atoms with E-state index >= 15 is 0 Å². The smallest absolute Gasteiger partial charge is 0.160 e. The second-order valence-corrected chi connectivity index (χ2v) is 6.88. The Morgan fingerprint density at radius 2 is 1.78 bits per heavy atom. The molecule has 1 heterocycles. The van der Waals surface area contributed by atoms with E-state index < -0.39 is 0 Å². The van der Waals surface area contributed by atoms with Crippen LogP contribution in [0.4, 0.5) is 5.82 Å². The highest BCUT2D eigenvalue weighted by molar-refractivity contribution is 14.1. The van der Waals surface area contributed by atoms with E-state index in [1.807, 2.05) is 0 Å². The predicted octanol–water partition coefficient (Wildman–Crippen LogP) is 3.52. The van der Waals surface area contributed by atoms with Gasteiger partial charge in [-0.15, -0.1) is 0 Å². The fraction of sp³-hybridized carbons (Fsp3) is 0.692. The molecule has 0 aromatic carbocycles. The number of hydrogen-bond acceptors (Lipinski definition) is 4. The molecule has 0 aliphatic heterocycles. The minimum Gasteiger partial charge on any atom is -0.383 e. The summed E-state index contributed by atoms with van der Waals surface area (Å²) in [5.41, 5.74) is 6.90. The molecule has 2 N–H and O–H groups in total. The molecule has 18 heavy (non-hydrogen) atoms. The van der Waals surface area contributed by atoms with Gasteiger partial charge in [-0.25, -0.2) is 9.97 Å². The number of nitrogen functional groups attached to an aromatic ring is 1. The molecule has 0 amide bonds. The summed E-state index contributed by atoms with van der Waals surface area (Å²) in [4.78, 5) is 9.03. The van der Waals surface area contributed by atoms with Crippen LogP contribution in [-0.4, -0.2) is 17.1 Å². The van der Waals surface area contributed by atoms with Crippen LogP contribution in [0.3, 0.4) is 0 Å². The number of nitrogens with zero attached hydrogens (tertiary/aromatic N) is 2. The SMILES string of the molecule is COC(c1nc(N)c(I)c(C(C)C)n1)C(C)(C)C. The summed E-state index contributed by atoms with van der Waals surface area (Å²) in [6.45, 7) is 10.5. The molecule has 102 valence electrons. The van der Waals surface area contributed by atoms with Gasteiger partial charge in [-0.05, 0) is 33.9 Å². The molecule has 1 rings (SSSR count). The molecule has 0 bridgehead atoms. The number of rotatable bonds is 3. The number of methoxy groups -OCH3 is 1. The summed E-state index contributed by atoms with van der Waals surface area (Å²) >= 11 is 2.20. The Morgan fingerprint density at radius 3 is 2.17 bits per heavy atom. The number of hydrogen-bond donors (Lipinski definition) is 1. The lowest BCUT2D eigenvalue weighted by Crippen LogP contribution is -2.24. The van der Waals surface area contributed by atoms with E-state index in [1.165, 1.54) is 0 Å². The fourth-order valence-electron chi connectivity index (χ4n) is 1.85. The van der Waals surface area contributed by atoms with Crippen molar-refractivity contribution in [1.29, 1.82) is 0 Å². The van der Waals surface area contributed by atoms with Crippen LogP contribution < -0.4 is 5.73 Å². The van der Waals surface area contributed by atoms with Gasteiger partial charge in [-0.3, -0.25) is 0 Å². The van der Waals surface area contributed by atoms with Crippen molar-refractivity contribution in [3.63, 3.8) is 0 Å². The van der Waals surface area contributed by atoms with Gasteiger partial charge < -0.3 is 10.5 Å². The molecule has 0 radical (unpaired) electrons. The number of ether oxygens (including phenoxy) is 1. The lowest BCUT2D eigenvalue weighted by atomic mass is 9.88. The molecule has 0 saturated heterocycles. The van der Waals surface area contributed by atoms with Crippen LogP contribution in [0, 0.1) is 8.99 Å². The summed E-state index contributed by atoms with van der Waals surface area (Å²) < 4.78 is 6.49. The molecule has 5 heteroatoms. The highest BCUT2D eigenvalue weighted by Crippen LogP contribution is 2.35. The highest BCUT2D eigenvalue weighted by atomic mass is 127. The lowest BCUT2D eigenvalue weighted by Gasteiger charge is -2.28. The average Bonchev–Trinajstić information content (AvgIpc) is 2.21. The zero-order chi connectivity index (χ0) is 14.1. The topological polar surface area (TPSA) is 61.0 Å². The Labute approximate surface area is 123 Å².